The lowest BCUT2D eigenvalue weighted by molar-refractivity contribution is 0.00498. The average Bonchev–Trinajstić information content (AvgIpc) is 3.79. The number of aliphatic hydroxyl groups excluding tert-OH is 1. The molecule has 5 aromatic carbocycles. The van der Waals surface area contributed by atoms with Crippen molar-refractivity contribution in [3.05, 3.63) is 172 Å². The molecule has 4 bridgehead atoms. The number of nitrogens with one attached hydrogen (secondary N) is 1. The number of fused-ring (bicyclic) bond motifs is 7. The second kappa shape index (κ2) is 20.3. The van der Waals surface area contributed by atoms with Crippen LogP contribution in [0.3, 0.4) is 0 Å². The lowest BCUT2D eigenvalue weighted by Crippen LogP contribution is -2.47. The zero-order valence-electron chi connectivity index (χ0n) is 38.9. The highest BCUT2D eigenvalue weighted by molar-refractivity contribution is 5.88. The van der Waals surface area contributed by atoms with Gasteiger partial charge in [0.15, 0.2) is 11.5 Å². The van der Waals surface area contributed by atoms with Crippen LogP contribution in [0.15, 0.2) is 127 Å². The van der Waals surface area contributed by atoms with Gasteiger partial charge < -0.3 is 50.3 Å². The smallest absolute Gasteiger partial charge is 0.161 e. The Kier molecular flexibility index (Phi) is 13.6. The first-order valence-corrected chi connectivity index (χ1v) is 24.8. The van der Waals surface area contributed by atoms with Crippen molar-refractivity contribution in [1.29, 1.82) is 0 Å². The number of phenolic OH excluding ortho intramolecular Hbond substituents is 3. The van der Waals surface area contributed by atoms with Crippen molar-refractivity contribution in [2.75, 3.05) is 19.8 Å². The van der Waals surface area contributed by atoms with Crippen LogP contribution in [0, 0.1) is 5.92 Å². The van der Waals surface area contributed by atoms with Gasteiger partial charge in [0.25, 0.3) is 0 Å². The molecule has 5 unspecified atom stereocenters. The second-order valence-corrected chi connectivity index (χ2v) is 19.6. The first kappa shape index (κ1) is 45.7. The third-order valence-electron chi connectivity index (χ3n) is 15.0. The van der Waals surface area contributed by atoms with E-state index < -0.39 is 6.10 Å². The summed E-state index contributed by atoms with van der Waals surface area (Å²) < 4.78 is 21.7. The molecule has 6 aromatic rings. The first-order chi connectivity index (χ1) is 33.2. The van der Waals surface area contributed by atoms with Gasteiger partial charge >= 0.3 is 0 Å². The van der Waals surface area contributed by atoms with Gasteiger partial charge in [0.2, 0.25) is 0 Å². The molecule has 1 saturated heterocycles. The van der Waals surface area contributed by atoms with Crippen LogP contribution in [-0.4, -0.2) is 63.2 Å². The van der Waals surface area contributed by atoms with Gasteiger partial charge in [-0.15, -0.1) is 0 Å². The number of phenols is 3. The Morgan fingerprint density at radius 1 is 0.794 bits per heavy atom. The Morgan fingerprint density at radius 2 is 1.68 bits per heavy atom. The molecule has 1 fully saturated rings. The maximum absolute atomic E-state index is 11.5. The molecule has 10 heteroatoms. The number of hydrogen-bond donors (Lipinski definition) is 6. The van der Waals surface area contributed by atoms with Crippen LogP contribution in [0.2, 0.25) is 0 Å². The van der Waals surface area contributed by atoms with E-state index in [1.54, 1.807) is 24.3 Å². The molecule has 5 atom stereocenters. The summed E-state index contributed by atoms with van der Waals surface area (Å²) in [7, 11) is 0. The summed E-state index contributed by atoms with van der Waals surface area (Å²) in [6.45, 7) is 2.04. The number of hydrogen-bond acceptors (Lipinski definition) is 9. The van der Waals surface area contributed by atoms with E-state index in [0.717, 1.165) is 109 Å². The topological polar surface area (TPSA) is 152 Å². The van der Waals surface area contributed by atoms with Crippen molar-refractivity contribution in [1.82, 2.24) is 9.88 Å². The number of aryl methyl sites for hydroxylation is 3. The predicted molar refractivity (Wildman–Crippen MR) is 267 cm³/mol. The summed E-state index contributed by atoms with van der Waals surface area (Å²) in [5.74, 6) is 2.21. The molecular formula is C58H65N3O7. The molecule has 0 amide bonds. The largest absolute Gasteiger partial charge is 0.508 e. The minimum absolute atomic E-state index is 0.0891. The number of ether oxygens (including phenoxy) is 3. The van der Waals surface area contributed by atoms with E-state index in [4.69, 9.17) is 19.9 Å². The average molecular weight is 916 g/mol. The van der Waals surface area contributed by atoms with Crippen LogP contribution in [0.5, 0.6) is 23.0 Å². The van der Waals surface area contributed by atoms with Gasteiger partial charge in [-0.2, -0.15) is 0 Å². The molecule has 0 radical (unpaired) electrons. The van der Waals surface area contributed by atoms with Crippen LogP contribution in [0.1, 0.15) is 102 Å². The summed E-state index contributed by atoms with van der Waals surface area (Å²) in [5.41, 5.74) is 16.4. The molecule has 3 aliphatic heterocycles. The van der Waals surface area contributed by atoms with Gasteiger partial charge in [0.05, 0.1) is 31.6 Å². The number of benzene rings is 5. The normalized spacial score (nSPS) is 22.9. The number of aliphatic hydroxyl groups is 1. The van der Waals surface area contributed by atoms with E-state index in [2.05, 4.69) is 70.8 Å². The van der Waals surface area contributed by atoms with Gasteiger partial charge in [-0.05, 0) is 151 Å². The predicted octanol–water partition coefficient (Wildman–Crippen LogP) is 10.1. The summed E-state index contributed by atoms with van der Waals surface area (Å²) in [6, 6.07) is 32.2. The third-order valence-corrected chi connectivity index (χ3v) is 15.0. The minimum atomic E-state index is -0.580. The Morgan fingerprint density at radius 3 is 2.59 bits per heavy atom. The number of nitrogens with two attached hydrogens (primary N) is 1. The monoisotopic (exact) mass is 915 g/mol. The van der Waals surface area contributed by atoms with Crippen molar-refractivity contribution in [2.24, 2.45) is 11.7 Å². The summed E-state index contributed by atoms with van der Waals surface area (Å²) >= 11 is 0. The molecule has 7 N–H and O–H groups in total. The fourth-order valence-corrected chi connectivity index (χ4v) is 11.4. The molecular weight excluding hydrogens is 851 g/mol. The number of nitrogens with zero attached hydrogens (tertiary/aromatic N) is 1. The standard InChI is InChI=1S/C58H65N3O7/c59-56-23-18-42-35-67-50(12-4-2-1-3-8-38-15-21-53(64)43(26-38)27-40-9-7-11-48(62)28-40)32-49(63)20-14-39-16-22-54(65)55(29-39)68-36-45-31-47(30-44-33-61(34-51(44)45)57(42)60-56)58-24-25-66-37-46(58)19-17-41-10-5-6-13-52(41)58/h5-7,9-11,13,15-16,18,21-23,26,28-31,33-34,46,49-50,56,60,62-65H,1-4,8,12,14,17,19-20,24-25,27,32,35-37,59H2. The van der Waals surface area contributed by atoms with E-state index in [1.165, 1.54) is 22.3 Å². The number of aromatic nitrogens is 1. The highest BCUT2D eigenvalue weighted by Gasteiger charge is 2.47. The lowest BCUT2D eigenvalue weighted by atomic mass is 9.57. The van der Waals surface area contributed by atoms with Crippen molar-refractivity contribution >= 4 is 16.6 Å². The maximum atomic E-state index is 11.5. The number of dihydropyridines is 1. The molecule has 0 spiro atoms. The number of unbranched alkanes of at least 4 members (excludes halogenated alkanes) is 3. The molecule has 10 nitrogen and oxygen atoms in total. The molecule has 1 aliphatic carbocycles. The highest BCUT2D eigenvalue weighted by atomic mass is 16.5. The van der Waals surface area contributed by atoms with Crippen LogP contribution in [-0.2, 0) is 47.2 Å². The number of rotatable bonds is 10. The highest BCUT2D eigenvalue weighted by Crippen LogP contribution is 2.52. The number of aromatic hydroxyl groups is 3. The van der Waals surface area contributed by atoms with Crippen LogP contribution < -0.4 is 15.8 Å². The quantitative estimate of drug-likeness (QED) is 0.0738. The fourth-order valence-electron chi connectivity index (χ4n) is 11.4. The SMILES string of the molecule is NC1C=CC2=C(N1)n1cc3cc(C45CCOCC4CCc4ccccc45)cc(c3c1)COc1cc(ccc1O)CCC(O)CC(CCCCCCc1ccc(O)c(Cc3cccc(O)c3)c1)OC2. The Labute approximate surface area is 399 Å². The fraction of sp³-hybridized carbons (Fsp3) is 0.379. The van der Waals surface area contributed by atoms with Crippen LogP contribution >= 0.6 is 0 Å². The molecule has 1 aromatic heterocycles. The summed E-state index contributed by atoms with van der Waals surface area (Å²) in [4.78, 5) is 0. The summed E-state index contributed by atoms with van der Waals surface area (Å²) in [6.07, 6.45) is 18.3. The molecule has 10 rings (SSSR count). The van der Waals surface area contributed by atoms with Gasteiger partial charge in [0, 0.05) is 47.2 Å². The van der Waals surface area contributed by atoms with Crippen molar-refractivity contribution in [3.63, 3.8) is 0 Å². The Balaban J connectivity index is 0.907. The molecule has 68 heavy (non-hydrogen) atoms. The van der Waals surface area contributed by atoms with Gasteiger partial charge in [-0.1, -0.05) is 86.0 Å². The minimum Gasteiger partial charge on any atom is -0.508 e. The second-order valence-electron chi connectivity index (χ2n) is 19.6. The maximum Gasteiger partial charge on any atom is 0.161 e. The Bertz CT molecular complexity index is 2810. The van der Waals surface area contributed by atoms with Crippen molar-refractivity contribution in [3.8, 4) is 23.0 Å². The molecule has 4 heterocycles. The van der Waals surface area contributed by atoms with Crippen molar-refractivity contribution in [2.45, 2.75) is 114 Å². The van der Waals surface area contributed by atoms with E-state index in [0.29, 0.717) is 50.6 Å². The van der Waals surface area contributed by atoms with E-state index in [9.17, 15) is 20.4 Å². The van der Waals surface area contributed by atoms with Crippen molar-refractivity contribution < 1.29 is 34.6 Å². The lowest BCUT2D eigenvalue weighted by Gasteiger charge is -2.49. The third kappa shape index (κ3) is 9.92. The van der Waals surface area contributed by atoms with Gasteiger partial charge in [-0.25, -0.2) is 0 Å². The Hall–Kier alpha value is -6.04. The zero-order chi connectivity index (χ0) is 46.6. The first-order valence-electron chi connectivity index (χ1n) is 24.8. The van der Waals surface area contributed by atoms with E-state index in [1.807, 2.05) is 36.4 Å². The zero-order valence-corrected chi connectivity index (χ0v) is 38.9. The van der Waals surface area contributed by atoms with E-state index >= 15 is 0 Å². The van der Waals surface area contributed by atoms with Gasteiger partial charge in [0.1, 0.15) is 23.9 Å². The molecule has 354 valence electrons. The molecule has 4 aliphatic rings. The van der Waals surface area contributed by atoms with Crippen LogP contribution in [0.4, 0.5) is 0 Å². The van der Waals surface area contributed by atoms with E-state index in [-0.39, 0.29) is 41.5 Å². The van der Waals surface area contributed by atoms with Gasteiger partial charge in [-0.3, -0.25) is 0 Å². The molecule has 0 saturated carbocycles. The van der Waals surface area contributed by atoms with Crippen LogP contribution in [0.25, 0.3) is 16.6 Å². The summed E-state index contributed by atoms with van der Waals surface area (Å²) in [5, 5.41) is 48.8.